The van der Waals surface area contributed by atoms with Crippen LogP contribution in [0.1, 0.15) is 233 Å². The van der Waals surface area contributed by atoms with Crippen LogP contribution in [-0.4, -0.2) is 46.9 Å². The van der Waals surface area contributed by atoms with Crippen LogP contribution in [0.5, 0.6) is 0 Å². The van der Waals surface area contributed by atoms with Gasteiger partial charge >= 0.3 is 5.97 Å². The van der Waals surface area contributed by atoms with E-state index < -0.39 is 18.2 Å². The van der Waals surface area contributed by atoms with Crippen LogP contribution in [0.25, 0.3) is 0 Å². The van der Waals surface area contributed by atoms with E-state index in [0.717, 1.165) is 83.5 Å². The predicted molar refractivity (Wildman–Crippen MR) is 268 cm³/mol. The van der Waals surface area contributed by atoms with Gasteiger partial charge in [0.2, 0.25) is 5.91 Å². The van der Waals surface area contributed by atoms with Crippen LogP contribution < -0.4 is 5.32 Å². The first-order valence-corrected chi connectivity index (χ1v) is 25.8. The Kier molecular flexibility index (Phi) is 46.7. The molecule has 0 aliphatic carbocycles. The van der Waals surface area contributed by atoms with Crippen molar-refractivity contribution in [3.63, 3.8) is 0 Å². The maximum absolute atomic E-state index is 13.2. The molecule has 0 saturated carbocycles. The molecule has 0 spiro atoms. The van der Waals surface area contributed by atoms with Crippen molar-refractivity contribution in [2.45, 2.75) is 251 Å². The van der Waals surface area contributed by atoms with Crippen molar-refractivity contribution in [2.24, 2.45) is 0 Å². The summed E-state index contributed by atoms with van der Waals surface area (Å²) >= 11 is 0. The number of carbonyl (C=O) groups excluding carboxylic acids is 2. The molecule has 62 heavy (non-hydrogen) atoms. The number of allylic oxidation sites excluding steroid dienone is 14. The summed E-state index contributed by atoms with van der Waals surface area (Å²) in [4.78, 5) is 26.1. The Bertz CT molecular complexity index is 1200. The largest absolute Gasteiger partial charge is 0.462 e. The minimum absolute atomic E-state index is 0.0381. The van der Waals surface area contributed by atoms with Gasteiger partial charge in [-0.1, -0.05) is 215 Å². The van der Waals surface area contributed by atoms with Gasteiger partial charge in [-0.05, 0) is 89.9 Å². The maximum atomic E-state index is 13.2. The summed E-state index contributed by atoms with van der Waals surface area (Å²) in [5.41, 5.74) is 0. The van der Waals surface area contributed by atoms with E-state index in [9.17, 15) is 19.8 Å². The lowest BCUT2D eigenvalue weighted by Crippen LogP contribution is -2.46. The number of rotatable bonds is 45. The highest BCUT2D eigenvalue weighted by molar-refractivity contribution is 5.77. The number of hydrogen-bond acceptors (Lipinski definition) is 5. The number of hydrogen-bond donors (Lipinski definition) is 3. The predicted octanol–water partition coefficient (Wildman–Crippen LogP) is 15.6. The fourth-order valence-electron chi connectivity index (χ4n) is 7.33. The number of esters is 1. The molecular formula is C56H97NO5. The van der Waals surface area contributed by atoms with E-state index in [0.29, 0.717) is 19.3 Å². The summed E-state index contributed by atoms with van der Waals surface area (Å²) < 4.78 is 5.89. The number of aliphatic hydroxyl groups excluding tert-OH is 2. The molecule has 0 aliphatic rings. The SMILES string of the molecule is CC/C=C\C/C=C\C/C=C\C/C=C\C/C=C\C/C=C\CCC(=O)OC(CCCCCCC/C=C\CCCCCC)CC(=O)NC(CO)C(O)CCCCCCCCCCCCC. The van der Waals surface area contributed by atoms with Gasteiger partial charge in [0.25, 0.3) is 0 Å². The first-order valence-electron chi connectivity index (χ1n) is 25.8. The Morgan fingerprint density at radius 3 is 1.34 bits per heavy atom. The molecule has 0 fully saturated rings. The van der Waals surface area contributed by atoms with E-state index >= 15 is 0 Å². The lowest BCUT2D eigenvalue weighted by molar-refractivity contribution is -0.150. The topological polar surface area (TPSA) is 95.9 Å². The van der Waals surface area contributed by atoms with Crippen molar-refractivity contribution in [1.29, 1.82) is 0 Å². The van der Waals surface area contributed by atoms with E-state index in [4.69, 9.17) is 4.74 Å². The minimum Gasteiger partial charge on any atom is -0.462 e. The van der Waals surface area contributed by atoms with Crippen LogP contribution in [0.15, 0.2) is 85.1 Å². The highest BCUT2D eigenvalue weighted by atomic mass is 16.5. The average molecular weight is 864 g/mol. The number of ether oxygens (including phenoxy) is 1. The number of amides is 1. The summed E-state index contributed by atoms with van der Waals surface area (Å²) in [5, 5.41) is 23.7. The second-order valence-corrected chi connectivity index (χ2v) is 17.2. The molecule has 6 nitrogen and oxygen atoms in total. The molecule has 0 bridgehead atoms. The molecular weight excluding hydrogens is 767 g/mol. The van der Waals surface area contributed by atoms with Crippen LogP contribution in [-0.2, 0) is 14.3 Å². The maximum Gasteiger partial charge on any atom is 0.306 e. The number of unbranched alkanes of at least 4 members (excludes halogenated alkanes) is 19. The van der Waals surface area contributed by atoms with Crippen molar-refractivity contribution < 1.29 is 24.5 Å². The summed E-state index contributed by atoms with van der Waals surface area (Å²) in [6.07, 6.45) is 63.6. The van der Waals surface area contributed by atoms with Gasteiger partial charge in [0.05, 0.1) is 25.2 Å². The highest BCUT2D eigenvalue weighted by Crippen LogP contribution is 2.17. The smallest absolute Gasteiger partial charge is 0.306 e. The van der Waals surface area contributed by atoms with Gasteiger partial charge in [0, 0.05) is 6.42 Å². The van der Waals surface area contributed by atoms with Gasteiger partial charge in [-0.3, -0.25) is 9.59 Å². The van der Waals surface area contributed by atoms with Gasteiger partial charge in [0.1, 0.15) is 6.10 Å². The average Bonchev–Trinajstić information content (AvgIpc) is 3.26. The fraction of sp³-hybridized carbons (Fsp3) is 0.714. The van der Waals surface area contributed by atoms with Gasteiger partial charge in [-0.25, -0.2) is 0 Å². The van der Waals surface area contributed by atoms with Gasteiger partial charge in [-0.15, -0.1) is 0 Å². The Labute approximate surface area is 383 Å². The van der Waals surface area contributed by atoms with Crippen LogP contribution >= 0.6 is 0 Å². The number of carbonyl (C=O) groups is 2. The molecule has 0 aliphatic heterocycles. The zero-order valence-electron chi connectivity index (χ0n) is 40.5. The third-order valence-electron chi connectivity index (χ3n) is 11.2. The van der Waals surface area contributed by atoms with Crippen molar-refractivity contribution in [2.75, 3.05) is 6.61 Å². The van der Waals surface area contributed by atoms with Crippen LogP contribution in [0.2, 0.25) is 0 Å². The van der Waals surface area contributed by atoms with E-state index in [1.54, 1.807) is 0 Å². The monoisotopic (exact) mass is 864 g/mol. The standard InChI is InChI=1S/C56H97NO5/c1-4-7-10-13-16-19-22-24-25-26-27-28-29-31-34-37-40-43-46-49-56(61)62-52(47-44-41-38-35-33-30-23-20-17-14-11-8-5-2)50-55(60)57-53(51-58)54(59)48-45-42-39-36-32-21-18-15-12-9-6-3/h7,10,16,19-20,23-25,27-28,31,34,40,43,52-54,58-59H,4-6,8-9,11-15,17-18,21-22,26,29-30,32-33,35-39,41-42,44-51H2,1-3H3,(H,57,60)/b10-7-,19-16-,23-20-,25-24-,28-27-,34-31-,43-40-. The zero-order valence-corrected chi connectivity index (χ0v) is 40.5. The molecule has 0 aromatic rings. The quantitative estimate of drug-likeness (QED) is 0.0322. The molecule has 0 heterocycles. The van der Waals surface area contributed by atoms with E-state index in [2.05, 4.69) is 105 Å². The highest BCUT2D eigenvalue weighted by Gasteiger charge is 2.24. The molecule has 0 rings (SSSR count). The van der Waals surface area contributed by atoms with Crippen LogP contribution in [0.3, 0.4) is 0 Å². The first-order chi connectivity index (χ1) is 30.5. The lowest BCUT2D eigenvalue weighted by atomic mass is 10.0. The first kappa shape index (κ1) is 59.0. The number of aliphatic hydroxyl groups is 2. The van der Waals surface area contributed by atoms with Crippen LogP contribution in [0, 0.1) is 0 Å². The van der Waals surface area contributed by atoms with Crippen molar-refractivity contribution in [1.82, 2.24) is 5.32 Å². The summed E-state index contributed by atoms with van der Waals surface area (Å²) in [6, 6.07) is -0.722. The van der Waals surface area contributed by atoms with Crippen molar-refractivity contribution in [3.8, 4) is 0 Å². The molecule has 0 aromatic carbocycles. The Morgan fingerprint density at radius 1 is 0.484 bits per heavy atom. The molecule has 1 amide bonds. The molecule has 6 heteroatoms. The van der Waals surface area contributed by atoms with Crippen molar-refractivity contribution in [3.05, 3.63) is 85.1 Å². The van der Waals surface area contributed by atoms with E-state index in [1.165, 1.54) is 96.3 Å². The Hall–Kier alpha value is -2.96. The minimum atomic E-state index is -0.805. The van der Waals surface area contributed by atoms with Gasteiger partial charge < -0.3 is 20.3 Å². The Morgan fingerprint density at radius 2 is 0.871 bits per heavy atom. The second-order valence-electron chi connectivity index (χ2n) is 17.2. The molecule has 0 radical (unpaired) electrons. The molecule has 0 saturated heterocycles. The van der Waals surface area contributed by atoms with E-state index in [-0.39, 0.29) is 31.3 Å². The van der Waals surface area contributed by atoms with Crippen LogP contribution in [0.4, 0.5) is 0 Å². The summed E-state index contributed by atoms with van der Waals surface area (Å²) in [7, 11) is 0. The molecule has 0 aromatic heterocycles. The zero-order chi connectivity index (χ0) is 45.2. The second kappa shape index (κ2) is 49.1. The molecule has 3 atom stereocenters. The summed E-state index contributed by atoms with van der Waals surface area (Å²) in [6.45, 7) is 6.32. The molecule has 356 valence electrons. The normalized spacial score (nSPS) is 14.0. The van der Waals surface area contributed by atoms with E-state index in [1.807, 2.05) is 6.08 Å². The molecule has 3 unspecified atom stereocenters. The van der Waals surface area contributed by atoms with Gasteiger partial charge in [0.15, 0.2) is 0 Å². The van der Waals surface area contributed by atoms with Crippen molar-refractivity contribution >= 4 is 11.9 Å². The molecule has 3 N–H and O–H groups in total. The fourth-order valence-corrected chi connectivity index (χ4v) is 7.33. The van der Waals surface area contributed by atoms with Gasteiger partial charge in [-0.2, -0.15) is 0 Å². The third-order valence-corrected chi connectivity index (χ3v) is 11.2. The Balaban J connectivity index is 4.71. The number of nitrogens with one attached hydrogen (secondary N) is 1. The lowest BCUT2D eigenvalue weighted by Gasteiger charge is -2.24. The summed E-state index contributed by atoms with van der Waals surface area (Å²) in [5.74, 6) is -0.586. The third kappa shape index (κ3) is 43.7.